The summed E-state index contributed by atoms with van der Waals surface area (Å²) in [6, 6.07) is 9.26. The topological polar surface area (TPSA) is 164 Å². The van der Waals surface area contributed by atoms with E-state index < -0.39 is 54.0 Å². The number of aromatic hydroxyl groups is 1. The molecule has 14 heteroatoms. The van der Waals surface area contributed by atoms with E-state index in [1.165, 1.54) is 23.1 Å². The van der Waals surface area contributed by atoms with Crippen molar-refractivity contribution in [1.29, 1.82) is 0 Å². The number of nitrogens with zero attached hydrogens (tertiary/aromatic N) is 4. The molecule has 2 atom stereocenters. The molecule has 47 heavy (non-hydrogen) atoms. The zero-order valence-corrected chi connectivity index (χ0v) is 27.4. The molecule has 4 rings (SSSR count). The summed E-state index contributed by atoms with van der Waals surface area (Å²) in [5.41, 5.74) is -1.02. The third kappa shape index (κ3) is 8.18. The fraction of sp³-hybridized carbons (Fsp3) is 0.424. The minimum atomic E-state index is -1.91. The molecule has 1 fully saturated rings. The van der Waals surface area contributed by atoms with E-state index in [1.54, 1.807) is 77.6 Å². The summed E-state index contributed by atoms with van der Waals surface area (Å²) in [6.07, 6.45) is -3.68. The largest absolute Gasteiger partial charge is 0.494 e. The van der Waals surface area contributed by atoms with E-state index in [9.17, 15) is 29.4 Å². The van der Waals surface area contributed by atoms with Crippen molar-refractivity contribution >= 4 is 51.8 Å². The molecule has 4 amide bonds. The van der Waals surface area contributed by atoms with Crippen LogP contribution in [0.5, 0.6) is 5.88 Å². The Hall–Kier alpha value is -5.13. The molecule has 250 valence electrons. The molecule has 14 nitrogen and oxygen atoms in total. The second-order valence-corrected chi connectivity index (χ2v) is 13.1. The van der Waals surface area contributed by atoms with Crippen molar-refractivity contribution in [2.75, 3.05) is 23.4 Å². The van der Waals surface area contributed by atoms with Crippen LogP contribution in [0.2, 0.25) is 0 Å². The summed E-state index contributed by atoms with van der Waals surface area (Å²) in [5.74, 6) is -1.58. The summed E-state index contributed by atoms with van der Waals surface area (Å²) >= 11 is 0. The third-order valence-electron chi connectivity index (χ3n) is 6.96. The van der Waals surface area contributed by atoms with E-state index in [-0.39, 0.29) is 36.0 Å². The van der Waals surface area contributed by atoms with Gasteiger partial charge in [-0.2, -0.15) is 0 Å². The van der Waals surface area contributed by atoms with Crippen LogP contribution in [0.15, 0.2) is 42.6 Å². The molecule has 3 aromatic rings. The number of aromatic nitrogens is 1. The Morgan fingerprint density at radius 2 is 1.72 bits per heavy atom. The van der Waals surface area contributed by atoms with E-state index in [1.807, 2.05) is 0 Å². The summed E-state index contributed by atoms with van der Waals surface area (Å²) in [6.45, 7) is 17.2. The van der Waals surface area contributed by atoms with Crippen LogP contribution < -0.4 is 10.2 Å². The maximum absolute atomic E-state index is 13.4. The monoisotopic (exact) mass is 649 g/mol. The zero-order valence-electron chi connectivity index (χ0n) is 27.4. The van der Waals surface area contributed by atoms with Crippen molar-refractivity contribution in [3.05, 3.63) is 59.6 Å². The van der Waals surface area contributed by atoms with Gasteiger partial charge >= 0.3 is 12.2 Å². The van der Waals surface area contributed by atoms with E-state index >= 15 is 0 Å². The van der Waals surface area contributed by atoms with Crippen molar-refractivity contribution in [3.63, 3.8) is 0 Å². The minimum Gasteiger partial charge on any atom is -0.494 e. The number of carbonyl (C=O) groups excluding carboxylic acids is 4. The van der Waals surface area contributed by atoms with Gasteiger partial charge < -0.3 is 39.2 Å². The molecule has 1 saturated heterocycles. The van der Waals surface area contributed by atoms with E-state index in [2.05, 4.69) is 10.2 Å². The van der Waals surface area contributed by atoms with Crippen molar-refractivity contribution in [1.82, 2.24) is 9.47 Å². The van der Waals surface area contributed by atoms with Gasteiger partial charge in [0.05, 0.1) is 19.7 Å². The molecule has 1 aromatic heterocycles. The molecule has 0 radical (unpaired) electrons. The number of nitrogens with one attached hydrogen (secondary N) is 1. The first kappa shape index (κ1) is 34.7. The normalized spacial score (nSPS) is 15.9. The van der Waals surface area contributed by atoms with E-state index in [0.29, 0.717) is 11.1 Å². The molecule has 0 spiro atoms. The SMILES string of the molecule is [C-]#[N+]c1ccc(NC(=O)[C@H](O)[C@H]2OCCN(c3ccc4cn(C)c(O)c4c3)C2=O)cc1CN(C(=O)OC(C)(C)C)C(=O)OC(C)(C)C. The second-order valence-electron chi connectivity index (χ2n) is 13.1. The van der Waals surface area contributed by atoms with Gasteiger partial charge in [-0.05, 0) is 71.4 Å². The molecule has 2 heterocycles. The van der Waals surface area contributed by atoms with Crippen molar-refractivity contribution < 1.29 is 43.6 Å². The lowest BCUT2D eigenvalue weighted by molar-refractivity contribution is -0.150. The maximum atomic E-state index is 13.4. The van der Waals surface area contributed by atoms with Gasteiger partial charge in [0.25, 0.3) is 11.8 Å². The Labute approximate surface area is 272 Å². The van der Waals surface area contributed by atoms with Crippen LogP contribution in [0.4, 0.5) is 26.7 Å². The number of amides is 4. The summed E-state index contributed by atoms with van der Waals surface area (Å²) in [4.78, 5) is 58.2. The number of morpholine rings is 1. The van der Waals surface area contributed by atoms with Crippen molar-refractivity contribution in [2.45, 2.75) is 71.5 Å². The number of aliphatic hydroxyl groups is 1. The lowest BCUT2D eigenvalue weighted by Crippen LogP contribution is -2.55. The number of aryl methyl sites for hydroxylation is 1. The molecule has 1 aliphatic rings. The van der Waals surface area contributed by atoms with E-state index in [4.69, 9.17) is 20.8 Å². The molecule has 3 N–H and O–H groups in total. The highest BCUT2D eigenvalue weighted by molar-refractivity contribution is 6.05. The van der Waals surface area contributed by atoms with Gasteiger partial charge in [0.15, 0.2) is 23.8 Å². The average molecular weight is 650 g/mol. The Bertz CT molecular complexity index is 1720. The molecule has 0 aliphatic carbocycles. The van der Waals surface area contributed by atoms with Crippen LogP contribution in [0.1, 0.15) is 47.1 Å². The van der Waals surface area contributed by atoms with Gasteiger partial charge in [0.2, 0.25) is 0 Å². The highest BCUT2D eigenvalue weighted by atomic mass is 16.6. The number of imide groups is 1. The van der Waals surface area contributed by atoms with Crippen LogP contribution >= 0.6 is 0 Å². The van der Waals surface area contributed by atoms with Gasteiger partial charge in [-0.1, -0.05) is 12.1 Å². The van der Waals surface area contributed by atoms with Gasteiger partial charge in [-0.25, -0.2) is 19.3 Å². The van der Waals surface area contributed by atoms with E-state index in [0.717, 1.165) is 10.3 Å². The Morgan fingerprint density at radius 3 is 2.32 bits per heavy atom. The summed E-state index contributed by atoms with van der Waals surface area (Å²) < 4.78 is 17.9. The number of rotatable bonds is 6. The van der Waals surface area contributed by atoms with Crippen molar-refractivity contribution in [3.8, 4) is 5.88 Å². The molecule has 0 unspecified atom stereocenters. The molecule has 2 aromatic carbocycles. The average Bonchev–Trinajstić information content (AvgIpc) is 3.26. The van der Waals surface area contributed by atoms with Crippen LogP contribution in [0.25, 0.3) is 15.6 Å². The number of aliphatic hydroxyl groups excluding tert-OH is 1. The van der Waals surface area contributed by atoms with Crippen LogP contribution in [-0.2, 0) is 37.4 Å². The summed E-state index contributed by atoms with van der Waals surface area (Å²) in [5, 5.41) is 25.1. The second kappa shape index (κ2) is 13.3. The first-order chi connectivity index (χ1) is 21.9. The fourth-order valence-corrected chi connectivity index (χ4v) is 4.83. The molecule has 0 saturated carbocycles. The first-order valence-corrected chi connectivity index (χ1v) is 14.8. The standard InChI is InChI=1S/C33H39N5O9/c1-32(2,3)46-30(43)38(31(44)47-33(4,5)6)18-20-15-21(10-12-24(20)34-7)35-27(40)25(39)26-29(42)37(13-14-45-26)22-11-9-19-17-36(8)28(41)23(19)16-22/h9-12,15-17,25-26,39,41H,13-14,18H2,1-6,8H3,(H,35,40)/t25-,26-/m1/s1. The van der Waals surface area contributed by atoms with Crippen LogP contribution in [0.3, 0.4) is 0 Å². The highest BCUT2D eigenvalue weighted by Crippen LogP contribution is 2.32. The Kier molecular flexibility index (Phi) is 9.84. The van der Waals surface area contributed by atoms with Crippen molar-refractivity contribution in [2.24, 2.45) is 7.05 Å². The lowest BCUT2D eigenvalue weighted by Gasteiger charge is -2.34. The van der Waals surface area contributed by atoms with Gasteiger partial charge in [0, 0.05) is 41.9 Å². The molecule has 0 bridgehead atoms. The Balaban J connectivity index is 1.53. The predicted octanol–water partition coefficient (Wildman–Crippen LogP) is 4.84. The van der Waals surface area contributed by atoms with Gasteiger partial charge in [-0.15, -0.1) is 0 Å². The number of hydrogen-bond acceptors (Lipinski definition) is 9. The van der Waals surface area contributed by atoms with Gasteiger partial charge in [0.1, 0.15) is 11.2 Å². The maximum Gasteiger partial charge on any atom is 0.420 e. The van der Waals surface area contributed by atoms with Crippen LogP contribution in [0, 0.1) is 6.57 Å². The summed E-state index contributed by atoms with van der Waals surface area (Å²) in [7, 11) is 1.69. The molecular formula is C33H39N5O9. The number of hydrogen-bond donors (Lipinski definition) is 3. The molecular weight excluding hydrogens is 610 g/mol. The predicted molar refractivity (Wildman–Crippen MR) is 172 cm³/mol. The highest BCUT2D eigenvalue weighted by Gasteiger charge is 2.40. The van der Waals surface area contributed by atoms with Gasteiger partial charge in [-0.3, -0.25) is 9.59 Å². The zero-order chi connectivity index (χ0) is 34.8. The fourth-order valence-electron chi connectivity index (χ4n) is 4.83. The lowest BCUT2D eigenvalue weighted by atomic mass is 10.1. The number of ether oxygens (including phenoxy) is 3. The quantitative estimate of drug-likeness (QED) is 0.317. The number of carbonyl (C=O) groups is 4. The first-order valence-electron chi connectivity index (χ1n) is 14.8. The number of anilines is 2. The third-order valence-corrected chi connectivity index (χ3v) is 6.96. The smallest absolute Gasteiger partial charge is 0.420 e. The number of benzene rings is 2. The Morgan fingerprint density at radius 1 is 1.09 bits per heavy atom. The minimum absolute atomic E-state index is 0.0300. The van der Waals surface area contributed by atoms with Crippen LogP contribution in [-0.4, -0.2) is 80.2 Å². The molecule has 1 aliphatic heterocycles. The number of fused-ring (bicyclic) bond motifs is 1.